The van der Waals surface area contributed by atoms with Gasteiger partial charge in [0.05, 0.1) is 5.25 Å². The van der Waals surface area contributed by atoms with Crippen LogP contribution >= 0.6 is 11.8 Å². The molecule has 132 valence electrons. The molecular formula is C18H22N4O2S. The van der Waals surface area contributed by atoms with Crippen molar-refractivity contribution in [1.82, 2.24) is 9.97 Å². The van der Waals surface area contributed by atoms with Gasteiger partial charge >= 0.3 is 0 Å². The lowest BCUT2D eigenvalue weighted by Gasteiger charge is -2.14. The minimum atomic E-state index is -0.281. The number of nitrogens with zero attached hydrogens (tertiary/aromatic N) is 2. The molecule has 1 aromatic heterocycles. The second-order valence-corrected chi connectivity index (χ2v) is 6.87. The van der Waals surface area contributed by atoms with E-state index in [1.54, 1.807) is 24.3 Å². The SMILES string of the molecule is CC[C@@H](Sc1nc(C)cc(C)n1)C(=O)Nc1ccc(NC(C)=O)cc1. The van der Waals surface area contributed by atoms with Gasteiger partial charge in [0.2, 0.25) is 11.8 Å². The Bertz CT molecular complexity index is 742. The van der Waals surface area contributed by atoms with Gasteiger partial charge in [0.1, 0.15) is 0 Å². The summed E-state index contributed by atoms with van der Waals surface area (Å²) in [5.74, 6) is -0.227. The van der Waals surface area contributed by atoms with Crippen LogP contribution in [0.2, 0.25) is 0 Å². The van der Waals surface area contributed by atoms with Crippen LogP contribution in [0, 0.1) is 13.8 Å². The van der Waals surface area contributed by atoms with Crippen molar-refractivity contribution in [3.8, 4) is 0 Å². The van der Waals surface area contributed by atoms with Gasteiger partial charge in [-0.1, -0.05) is 18.7 Å². The number of rotatable bonds is 6. The predicted molar refractivity (Wildman–Crippen MR) is 101 cm³/mol. The molecule has 1 atom stereocenters. The third-order valence-electron chi connectivity index (χ3n) is 3.35. The highest BCUT2D eigenvalue weighted by molar-refractivity contribution is 8.00. The normalized spacial score (nSPS) is 11.7. The van der Waals surface area contributed by atoms with E-state index in [1.807, 2.05) is 26.8 Å². The lowest BCUT2D eigenvalue weighted by atomic mass is 10.2. The standard InChI is InChI=1S/C18H22N4O2S/c1-5-16(25-18-19-11(2)10-12(3)20-18)17(24)22-15-8-6-14(7-9-15)21-13(4)23/h6-10,16H,5H2,1-4H3,(H,21,23)(H,22,24)/t16-/m1/s1. The van der Waals surface area contributed by atoms with E-state index in [2.05, 4.69) is 20.6 Å². The molecule has 0 spiro atoms. The highest BCUT2D eigenvalue weighted by Crippen LogP contribution is 2.24. The van der Waals surface area contributed by atoms with Gasteiger partial charge < -0.3 is 10.6 Å². The maximum Gasteiger partial charge on any atom is 0.237 e. The summed E-state index contributed by atoms with van der Waals surface area (Å²) >= 11 is 1.36. The van der Waals surface area contributed by atoms with E-state index >= 15 is 0 Å². The Labute approximate surface area is 151 Å². The molecule has 1 heterocycles. The van der Waals surface area contributed by atoms with Crippen molar-refractivity contribution in [2.45, 2.75) is 44.5 Å². The van der Waals surface area contributed by atoms with Crippen molar-refractivity contribution in [2.24, 2.45) is 0 Å². The molecule has 0 aliphatic rings. The molecule has 0 fully saturated rings. The van der Waals surface area contributed by atoms with Crippen LogP contribution in [0.1, 0.15) is 31.7 Å². The lowest BCUT2D eigenvalue weighted by Crippen LogP contribution is -2.25. The number of hydrogen-bond donors (Lipinski definition) is 2. The van der Waals surface area contributed by atoms with E-state index in [0.717, 1.165) is 11.4 Å². The number of hydrogen-bond acceptors (Lipinski definition) is 5. The number of aryl methyl sites for hydroxylation is 2. The molecule has 0 aliphatic heterocycles. The summed E-state index contributed by atoms with van der Waals surface area (Å²) in [4.78, 5) is 32.3. The fourth-order valence-corrected chi connectivity index (χ4v) is 3.24. The Balaban J connectivity index is 2.02. The summed E-state index contributed by atoms with van der Waals surface area (Å²) < 4.78 is 0. The van der Waals surface area contributed by atoms with E-state index in [4.69, 9.17) is 0 Å². The van der Waals surface area contributed by atoms with Crippen LogP contribution in [0.5, 0.6) is 0 Å². The topological polar surface area (TPSA) is 84.0 Å². The van der Waals surface area contributed by atoms with Crippen LogP contribution in [0.3, 0.4) is 0 Å². The molecule has 2 amide bonds. The second-order valence-electron chi connectivity index (χ2n) is 5.70. The average Bonchev–Trinajstić information content (AvgIpc) is 2.53. The van der Waals surface area contributed by atoms with Gasteiger partial charge in [-0.3, -0.25) is 9.59 Å². The van der Waals surface area contributed by atoms with E-state index < -0.39 is 0 Å². The Kier molecular flexibility index (Phi) is 6.52. The molecule has 0 saturated carbocycles. The number of carbonyl (C=O) groups excluding carboxylic acids is 2. The number of benzene rings is 1. The summed E-state index contributed by atoms with van der Waals surface area (Å²) in [6.07, 6.45) is 0.664. The number of nitrogens with one attached hydrogen (secondary N) is 2. The third-order valence-corrected chi connectivity index (χ3v) is 4.57. The van der Waals surface area contributed by atoms with E-state index in [0.29, 0.717) is 23.0 Å². The van der Waals surface area contributed by atoms with Crippen molar-refractivity contribution in [1.29, 1.82) is 0 Å². The van der Waals surface area contributed by atoms with Gasteiger partial charge in [-0.05, 0) is 50.6 Å². The number of carbonyl (C=O) groups is 2. The van der Waals surface area contributed by atoms with E-state index in [-0.39, 0.29) is 17.1 Å². The zero-order chi connectivity index (χ0) is 18.4. The highest BCUT2D eigenvalue weighted by atomic mass is 32.2. The van der Waals surface area contributed by atoms with Crippen molar-refractivity contribution in [2.75, 3.05) is 10.6 Å². The van der Waals surface area contributed by atoms with Crippen LogP contribution in [0.4, 0.5) is 11.4 Å². The minimum Gasteiger partial charge on any atom is -0.326 e. The zero-order valence-corrected chi connectivity index (χ0v) is 15.6. The molecular weight excluding hydrogens is 336 g/mol. The molecule has 2 rings (SSSR count). The number of amides is 2. The van der Waals surface area contributed by atoms with Gasteiger partial charge in [-0.15, -0.1) is 0 Å². The van der Waals surface area contributed by atoms with Crippen molar-refractivity contribution >= 4 is 35.0 Å². The van der Waals surface area contributed by atoms with Crippen molar-refractivity contribution in [3.05, 3.63) is 41.7 Å². The second kappa shape index (κ2) is 8.62. The van der Waals surface area contributed by atoms with Crippen LogP contribution in [0.25, 0.3) is 0 Å². The fraction of sp³-hybridized carbons (Fsp3) is 0.333. The first kappa shape index (κ1) is 18.9. The number of aromatic nitrogens is 2. The first-order chi connectivity index (χ1) is 11.9. The summed E-state index contributed by atoms with van der Waals surface area (Å²) in [6.45, 7) is 7.24. The maximum absolute atomic E-state index is 12.5. The Morgan fingerprint density at radius 3 is 2.04 bits per heavy atom. The highest BCUT2D eigenvalue weighted by Gasteiger charge is 2.20. The largest absolute Gasteiger partial charge is 0.326 e. The molecule has 0 bridgehead atoms. The summed E-state index contributed by atoms with van der Waals surface area (Å²) in [6, 6.07) is 8.92. The third kappa shape index (κ3) is 5.86. The average molecular weight is 358 g/mol. The van der Waals surface area contributed by atoms with E-state index in [9.17, 15) is 9.59 Å². The Morgan fingerprint density at radius 1 is 1.04 bits per heavy atom. The van der Waals surface area contributed by atoms with Crippen molar-refractivity contribution in [3.63, 3.8) is 0 Å². The van der Waals surface area contributed by atoms with Gasteiger partial charge in [0, 0.05) is 29.7 Å². The molecule has 0 saturated heterocycles. The van der Waals surface area contributed by atoms with Crippen molar-refractivity contribution < 1.29 is 9.59 Å². The van der Waals surface area contributed by atoms with Crippen LogP contribution < -0.4 is 10.6 Å². The van der Waals surface area contributed by atoms with Gasteiger partial charge in [0.15, 0.2) is 5.16 Å². The Morgan fingerprint density at radius 2 is 1.56 bits per heavy atom. The van der Waals surface area contributed by atoms with Crippen LogP contribution in [0.15, 0.2) is 35.5 Å². The van der Waals surface area contributed by atoms with Gasteiger partial charge in [-0.2, -0.15) is 0 Å². The molecule has 0 radical (unpaired) electrons. The smallest absolute Gasteiger partial charge is 0.237 e. The maximum atomic E-state index is 12.5. The molecule has 0 aliphatic carbocycles. The molecule has 2 N–H and O–H groups in total. The fourth-order valence-electron chi connectivity index (χ4n) is 2.26. The summed E-state index contributed by atoms with van der Waals surface area (Å²) in [5, 5.41) is 5.92. The van der Waals surface area contributed by atoms with Crippen LogP contribution in [-0.2, 0) is 9.59 Å². The molecule has 25 heavy (non-hydrogen) atoms. The first-order valence-electron chi connectivity index (χ1n) is 8.05. The summed E-state index contributed by atoms with van der Waals surface area (Å²) in [7, 11) is 0. The predicted octanol–water partition coefficient (Wildman–Crippen LogP) is 3.56. The number of anilines is 2. The number of thioether (sulfide) groups is 1. The summed E-state index contributed by atoms with van der Waals surface area (Å²) in [5.41, 5.74) is 3.15. The van der Waals surface area contributed by atoms with Crippen LogP contribution in [-0.4, -0.2) is 27.0 Å². The molecule has 0 unspecified atom stereocenters. The molecule has 7 heteroatoms. The molecule has 2 aromatic rings. The van der Waals surface area contributed by atoms with Gasteiger partial charge in [0.25, 0.3) is 0 Å². The van der Waals surface area contributed by atoms with Gasteiger partial charge in [-0.25, -0.2) is 9.97 Å². The zero-order valence-electron chi connectivity index (χ0n) is 14.8. The monoisotopic (exact) mass is 358 g/mol. The molecule has 1 aromatic carbocycles. The molecule has 6 nitrogen and oxygen atoms in total. The minimum absolute atomic E-state index is 0.0949. The first-order valence-corrected chi connectivity index (χ1v) is 8.92. The quantitative estimate of drug-likeness (QED) is 0.609. The lowest BCUT2D eigenvalue weighted by molar-refractivity contribution is -0.116. The Hall–Kier alpha value is -2.41. The van der Waals surface area contributed by atoms with E-state index in [1.165, 1.54) is 18.7 Å².